The number of benzene rings is 1. The van der Waals surface area contributed by atoms with Gasteiger partial charge in [0.1, 0.15) is 10.4 Å². The third-order valence-electron chi connectivity index (χ3n) is 1.57. The van der Waals surface area contributed by atoms with E-state index < -0.39 is 4.92 Å². The van der Waals surface area contributed by atoms with Crippen molar-refractivity contribution in [3.05, 3.63) is 22.2 Å². The summed E-state index contributed by atoms with van der Waals surface area (Å²) in [4.78, 5) is 10.3. The third kappa shape index (κ3) is 1.25. The van der Waals surface area contributed by atoms with Crippen LogP contribution in [0.1, 0.15) is 0 Å². The molecule has 2 rings (SSSR count). The second-order valence-corrected chi connectivity index (χ2v) is 3.54. The SMILES string of the molecule is O=[N+]([O-])c1ccc2snnc2c1S. The van der Waals surface area contributed by atoms with Crippen LogP contribution in [0.2, 0.25) is 0 Å². The quantitative estimate of drug-likeness (QED) is 0.446. The standard InChI is InChI=1S/C6H3N3O2S2/c10-9(11)3-1-2-4-5(6(3)12)7-8-13-4/h1-2,12H. The van der Waals surface area contributed by atoms with Crippen molar-refractivity contribution in [3.8, 4) is 0 Å². The Morgan fingerprint density at radius 1 is 1.54 bits per heavy atom. The molecule has 0 saturated heterocycles. The topological polar surface area (TPSA) is 68.9 Å². The van der Waals surface area contributed by atoms with E-state index in [1.165, 1.54) is 17.6 Å². The van der Waals surface area contributed by atoms with Gasteiger partial charge in [0.2, 0.25) is 0 Å². The molecule has 1 heterocycles. The van der Waals surface area contributed by atoms with Gasteiger partial charge in [-0.3, -0.25) is 10.1 Å². The molecule has 13 heavy (non-hydrogen) atoms. The molecule has 0 saturated carbocycles. The number of nitro groups is 1. The normalized spacial score (nSPS) is 10.5. The minimum absolute atomic E-state index is 0.0384. The molecule has 0 unspecified atom stereocenters. The van der Waals surface area contributed by atoms with Crippen molar-refractivity contribution in [1.29, 1.82) is 0 Å². The van der Waals surface area contributed by atoms with Crippen molar-refractivity contribution < 1.29 is 4.92 Å². The van der Waals surface area contributed by atoms with Crippen LogP contribution in [0.4, 0.5) is 5.69 Å². The Kier molecular flexibility index (Phi) is 1.89. The molecule has 2 aromatic rings. The predicted molar refractivity (Wildman–Crippen MR) is 51.3 cm³/mol. The number of rotatable bonds is 1. The Balaban J connectivity index is 2.80. The average molecular weight is 213 g/mol. The van der Waals surface area contributed by atoms with Crippen LogP contribution in [0.15, 0.2) is 17.0 Å². The van der Waals surface area contributed by atoms with Crippen LogP contribution in [0.5, 0.6) is 0 Å². The summed E-state index contributed by atoms with van der Waals surface area (Å²) < 4.78 is 4.48. The van der Waals surface area contributed by atoms with E-state index in [0.29, 0.717) is 5.52 Å². The fraction of sp³-hybridized carbons (Fsp3) is 0. The number of fused-ring (bicyclic) bond motifs is 1. The van der Waals surface area contributed by atoms with Crippen molar-refractivity contribution in [3.63, 3.8) is 0 Å². The Hall–Kier alpha value is -1.21. The molecule has 0 spiro atoms. The molecule has 0 atom stereocenters. The highest BCUT2D eigenvalue weighted by atomic mass is 32.1. The van der Waals surface area contributed by atoms with Crippen LogP contribution >= 0.6 is 24.2 Å². The van der Waals surface area contributed by atoms with Crippen molar-refractivity contribution in [1.82, 2.24) is 9.59 Å². The van der Waals surface area contributed by atoms with Gasteiger partial charge >= 0.3 is 0 Å². The van der Waals surface area contributed by atoms with Crippen molar-refractivity contribution >= 4 is 40.1 Å². The highest BCUT2D eigenvalue weighted by Crippen LogP contribution is 2.30. The van der Waals surface area contributed by atoms with E-state index in [9.17, 15) is 10.1 Å². The zero-order valence-electron chi connectivity index (χ0n) is 6.17. The number of hydrogen-bond acceptors (Lipinski definition) is 6. The zero-order chi connectivity index (χ0) is 9.42. The van der Waals surface area contributed by atoms with E-state index in [1.54, 1.807) is 6.07 Å². The summed E-state index contributed by atoms with van der Waals surface area (Å²) in [6.45, 7) is 0. The summed E-state index contributed by atoms with van der Waals surface area (Å²) in [6.07, 6.45) is 0. The minimum Gasteiger partial charge on any atom is -0.258 e. The summed E-state index contributed by atoms with van der Waals surface area (Å²) in [6, 6.07) is 3.03. The first-order valence-corrected chi connectivity index (χ1v) is 4.50. The lowest BCUT2D eigenvalue weighted by Gasteiger charge is -1.94. The Bertz CT molecular complexity index is 482. The minimum atomic E-state index is -0.485. The maximum absolute atomic E-state index is 10.5. The van der Waals surface area contributed by atoms with E-state index in [-0.39, 0.29) is 10.6 Å². The van der Waals surface area contributed by atoms with Gasteiger partial charge in [0.05, 0.1) is 9.62 Å². The van der Waals surface area contributed by atoms with Gasteiger partial charge in [-0.05, 0) is 17.6 Å². The van der Waals surface area contributed by atoms with Gasteiger partial charge in [0.25, 0.3) is 5.69 Å². The summed E-state index contributed by atoms with van der Waals surface area (Å²) >= 11 is 5.22. The lowest BCUT2D eigenvalue weighted by molar-refractivity contribution is -0.387. The Morgan fingerprint density at radius 3 is 3.00 bits per heavy atom. The number of nitrogens with zero attached hydrogens (tertiary/aromatic N) is 3. The summed E-state index contributed by atoms with van der Waals surface area (Å²) in [5.74, 6) is 0. The zero-order valence-corrected chi connectivity index (χ0v) is 7.88. The molecule has 5 nitrogen and oxygen atoms in total. The Labute approximate surface area is 82.1 Å². The fourth-order valence-corrected chi connectivity index (χ4v) is 1.94. The second kappa shape index (κ2) is 2.93. The van der Waals surface area contributed by atoms with E-state index in [4.69, 9.17) is 0 Å². The van der Waals surface area contributed by atoms with Crippen molar-refractivity contribution in [2.75, 3.05) is 0 Å². The molecular weight excluding hydrogens is 210 g/mol. The maximum Gasteiger partial charge on any atom is 0.284 e. The number of hydrogen-bond donors (Lipinski definition) is 1. The van der Waals surface area contributed by atoms with Gasteiger partial charge in [-0.15, -0.1) is 17.7 Å². The second-order valence-electron chi connectivity index (χ2n) is 2.31. The summed E-state index contributed by atoms with van der Waals surface area (Å²) in [7, 11) is 0. The monoisotopic (exact) mass is 213 g/mol. The van der Waals surface area contributed by atoms with Crippen LogP contribution in [-0.2, 0) is 0 Å². The van der Waals surface area contributed by atoms with Crippen molar-refractivity contribution in [2.45, 2.75) is 4.90 Å². The Morgan fingerprint density at radius 2 is 2.31 bits per heavy atom. The van der Waals surface area contributed by atoms with Crippen LogP contribution in [-0.4, -0.2) is 14.5 Å². The maximum atomic E-state index is 10.5. The molecule has 0 radical (unpaired) electrons. The number of nitro benzene ring substituents is 1. The fourth-order valence-electron chi connectivity index (χ4n) is 0.973. The third-order valence-corrected chi connectivity index (χ3v) is 2.70. The average Bonchev–Trinajstić information content (AvgIpc) is 2.52. The van der Waals surface area contributed by atoms with Crippen LogP contribution in [0.3, 0.4) is 0 Å². The van der Waals surface area contributed by atoms with E-state index in [0.717, 1.165) is 4.70 Å². The van der Waals surface area contributed by atoms with Gasteiger partial charge in [-0.1, -0.05) is 4.49 Å². The van der Waals surface area contributed by atoms with Gasteiger partial charge in [-0.2, -0.15) is 0 Å². The molecule has 66 valence electrons. The van der Waals surface area contributed by atoms with Crippen LogP contribution in [0, 0.1) is 10.1 Å². The lowest BCUT2D eigenvalue weighted by Crippen LogP contribution is -1.89. The molecule has 0 aliphatic rings. The molecule has 0 fully saturated rings. The first kappa shape index (κ1) is 8.39. The molecule has 0 aliphatic carbocycles. The molecule has 0 aliphatic heterocycles. The van der Waals surface area contributed by atoms with E-state index in [2.05, 4.69) is 22.2 Å². The first-order chi connectivity index (χ1) is 6.20. The molecule has 0 bridgehead atoms. The predicted octanol–water partition coefficient (Wildman–Crippen LogP) is 1.89. The van der Waals surface area contributed by atoms with Gasteiger partial charge < -0.3 is 0 Å². The smallest absolute Gasteiger partial charge is 0.258 e. The lowest BCUT2D eigenvalue weighted by atomic mass is 10.3. The molecule has 1 aromatic heterocycles. The summed E-state index contributed by atoms with van der Waals surface area (Å²) in [5, 5.41) is 14.2. The molecular formula is C6H3N3O2S2. The molecule has 7 heteroatoms. The van der Waals surface area contributed by atoms with E-state index >= 15 is 0 Å². The van der Waals surface area contributed by atoms with Crippen LogP contribution < -0.4 is 0 Å². The van der Waals surface area contributed by atoms with Gasteiger partial charge in [0, 0.05) is 6.07 Å². The first-order valence-electron chi connectivity index (χ1n) is 3.28. The summed E-state index contributed by atoms with van der Waals surface area (Å²) in [5.41, 5.74) is 0.450. The van der Waals surface area contributed by atoms with E-state index in [1.807, 2.05) is 0 Å². The van der Waals surface area contributed by atoms with Gasteiger partial charge in [-0.25, -0.2) is 0 Å². The van der Waals surface area contributed by atoms with Crippen LogP contribution in [0.25, 0.3) is 10.2 Å². The largest absolute Gasteiger partial charge is 0.284 e. The molecule has 0 amide bonds. The highest BCUT2D eigenvalue weighted by molar-refractivity contribution is 7.80. The molecule has 0 N–H and O–H groups in total. The highest BCUT2D eigenvalue weighted by Gasteiger charge is 2.15. The number of thiol groups is 1. The molecule has 1 aromatic carbocycles. The van der Waals surface area contributed by atoms with Crippen molar-refractivity contribution in [2.24, 2.45) is 0 Å². The number of aromatic nitrogens is 2. The van der Waals surface area contributed by atoms with Gasteiger partial charge in [0.15, 0.2) is 0 Å².